The predicted molar refractivity (Wildman–Crippen MR) is 204 cm³/mol. The van der Waals surface area contributed by atoms with Crippen molar-refractivity contribution < 1.29 is 0 Å². The molecule has 1 aromatic heterocycles. The van der Waals surface area contributed by atoms with E-state index in [1.54, 1.807) is 0 Å². The van der Waals surface area contributed by atoms with E-state index in [9.17, 15) is 0 Å². The molecule has 1 heterocycles. The fourth-order valence-corrected chi connectivity index (χ4v) is 9.29. The van der Waals surface area contributed by atoms with E-state index in [4.69, 9.17) is 0 Å². The second-order valence-corrected chi connectivity index (χ2v) is 13.4. The molecule has 0 aliphatic heterocycles. The molecule has 0 fully saturated rings. The first-order valence-electron chi connectivity index (χ1n) is 17.0. The second-order valence-electron chi connectivity index (χ2n) is 13.4. The van der Waals surface area contributed by atoms with Gasteiger partial charge in [0, 0.05) is 12.4 Å². The molecule has 0 atom stereocenters. The number of hydrogen-bond acceptors (Lipinski definition) is 1. The Bertz CT molecular complexity index is 2760. The van der Waals surface area contributed by atoms with Gasteiger partial charge in [0.15, 0.2) is 0 Å². The molecule has 226 valence electrons. The van der Waals surface area contributed by atoms with Crippen LogP contribution in [0.3, 0.4) is 0 Å². The Morgan fingerprint density at radius 2 is 0.796 bits per heavy atom. The summed E-state index contributed by atoms with van der Waals surface area (Å²) < 4.78 is 0. The standard InChI is InChI=1S/C48H29N/c1-5-17-39-33(11-1)34-12-3-6-18-40(34)47-46(39)45-38-16-4-2-13-35(38)41(32-23-21-30(22-24-32)31-25-27-49-28-26-31)29-44(45)48(47)42-19-9-7-14-36(42)37-15-8-10-20-43(37)48/h1-29H. The zero-order chi connectivity index (χ0) is 32.1. The van der Waals surface area contributed by atoms with E-state index in [0.29, 0.717) is 0 Å². The van der Waals surface area contributed by atoms with Gasteiger partial charge >= 0.3 is 0 Å². The van der Waals surface area contributed by atoms with Gasteiger partial charge in [-0.25, -0.2) is 0 Å². The van der Waals surface area contributed by atoms with Crippen molar-refractivity contribution in [2.24, 2.45) is 0 Å². The molecule has 8 aromatic carbocycles. The molecule has 2 aliphatic rings. The molecule has 1 nitrogen and oxygen atoms in total. The Morgan fingerprint density at radius 1 is 0.327 bits per heavy atom. The third-order valence-electron chi connectivity index (χ3n) is 11.2. The Labute approximate surface area is 284 Å². The summed E-state index contributed by atoms with van der Waals surface area (Å²) in [7, 11) is 0. The van der Waals surface area contributed by atoms with E-state index in [1.807, 2.05) is 12.4 Å². The molecule has 0 unspecified atom stereocenters. The Hall–Kier alpha value is -6.31. The SMILES string of the molecule is c1ccc2c(c1)-c1ccccc1C21c2cc(-c3ccc(-c4ccncc4)cc3)c3ccccc3c2-c2c1c1ccccc1c1ccccc21. The van der Waals surface area contributed by atoms with E-state index in [1.165, 1.54) is 99.1 Å². The van der Waals surface area contributed by atoms with Gasteiger partial charge in [-0.1, -0.05) is 146 Å². The molecule has 11 rings (SSSR count). The molecule has 0 N–H and O–H groups in total. The summed E-state index contributed by atoms with van der Waals surface area (Å²) in [5, 5.41) is 7.83. The van der Waals surface area contributed by atoms with Crippen LogP contribution >= 0.6 is 0 Å². The number of rotatable bonds is 2. The lowest BCUT2D eigenvalue weighted by Crippen LogP contribution is -2.26. The van der Waals surface area contributed by atoms with E-state index >= 15 is 0 Å². The van der Waals surface area contributed by atoms with Crippen LogP contribution in [-0.4, -0.2) is 4.98 Å². The molecule has 49 heavy (non-hydrogen) atoms. The van der Waals surface area contributed by atoms with Crippen molar-refractivity contribution in [2.75, 3.05) is 0 Å². The highest BCUT2D eigenvalue weighted by atomic mass is 14.6. The molecule has 9 aromatic rings. The molecule has 1 spiro atoms. The maximum atomic E-state index is 4.23. The topological polar surface area (TPSA) is 12.9 Å². The largest absolute Gasteiger partial charge is 0.265 e. The zero-order valence-electron chi connectivity index (χ0n) is 26.7. The average molecular weight is 620 g/mol. The summed E-state index contributed by atoms with van der Waals surface area (Å²) >= 11 is 0. The third kappa shape index (κ3) is 3.41. The number of benzene rings is 8. The fraction of sp³-hybridized carbons (Fsp3) is 0.0208. The highest BCUT2D eigenvalue weighted by Crippen LogP contribution is 2.66. The van der Waals surface area contributed by atoms with Crippen LogP contribution in [0.1, 0.15) is 22.3 Å². The van der Waals surface area contributed by atoms with E-state index in [0.717, 1.165) is 0 Å². The smallest absolute Gasteiger partial charge is 0.0732 e. The first-order chi connectivity index (χ1) is 24.3. The Kier molecular flexibility index (Phi) is 5.38. The monoisotopic (exact) mass is 619 g/mol. The summed E-state index contributed by atoms with van der Waals surface area (Å²) in [6, 6.07) is 61.2. The number of fused-ring (bicyclic) bond motifs is 17. The molecule has 0 bridgehead atoms. The van der Waals surface area contributed by atoms with Crippen LogP contribution in [0.25, 0.3) is 76.8 Å². The summed E-state index contributed by atoms with van der Waals surface area (Å²) in [6.45, 7) is 0. The lowest BCUT2D eigenvalue weighted by molar-refractivity contribution is 0.803. The van der Waals surface area contributed by atoms with Gasteiger partial charge in [-0.05, 0) is 117 Å². The first-order valence-corrected chi connectivity index (χ1v) is 17.0. The zero-order valence-corrected chi connectivity index (χ0v) is 26.7. The molecular weight excluding hydrogens is 591 g/mol. The van der Waals surface area contributed by atoms with Crippen molar-refractivity contribution in [2.45, 2.75) is 5.41 Å². The number of nitrogens with zero attached hydrogens (tertiary/aromatic N) is 1. The number of pyridine rings is 1. The van der Waals surface area contributed by atoms with Crippen molar-refractivity contribution in [3.8, 4) is 44.5 Å². The normalized spacial score (nSPS) is 13.5. The van der Waals surface area contributed by atoms with Gasteiger partial charge in [-0.3, -0.25) is 4.98 Å². The van der Waals surface area contributed by atoms with E-state index in [2.05, 4.69) is 169 Å². The maximum Gasteiger partial charge on any atom is 0.0732 e. The lowest BCUT2D eigenvalue weighted by atomic mass is 9.68. The van der Waals surface area contributed by atoms with E-state index < -0.39 is 5.41 Å². The van der Waals surface area contributed by atoms with Gasteiger partial charge in [0.25, 0.3) is 0 Å². The van der Waals surface area contributed by atoms with Crippen molar-refractivity contribution in [3.05, 3.63) is 198 Å². The van der Waals surface area contributed by atoms with Gasteiger partial charge in [0.1, 0.15) is 0 Å². The van der Waals surface area contributed by atoms with Gasteiger partial charge in [-0.15, -0.1) is 0 Å². The Balaban J connectivity index is 1.34. The van der Waals surface area contributed by atoms with Crippen molar-refractivity contribution in [1.82, 2.24) is 4.98 Å². The molecule has 0 saturated heterocycles. The van der Waals surface area contributed by atoms with Gasteiger partial charge in [0.2, 0.25) is 0 Å². The van der Waals surface area contributed by atoms with Gasteiger partial charge in [0.05, 0.1) is 5.41 Å². The molecular formula is C48H29N. The molecule has 0 saturated carbocycles. The van der Waals surface area contributed by atoms with Crippen LogP contribution in [0.2, 0.25) is 0 Å². The summed E-state index contributed by atoms with van der Waals surface area (Å²) in [5.74, 6) is 0. The summed E-state index contributed by atoms with van der Waals surface area (Å²) in [4.78, 5) is 4.23. The predicted octanol–water partition coefficient (Wildman–Crippen LogP) is 12.2. The van der Waals surface area contributed by atoms with Crippen molar-refractivity contribution in [3.63, 3.8) is 0 Å². The van der Waals surface area contributed by atoms with E-state index in [-0.39, 0.29) is 0 Å². The fourth-order valence-electron chi connectivity index (χ4n) is 9.29. The quantitative estimate of drug-likeness (QED) is 0.175. The van der Waals surface area contributed by atoms with Crippen molar-refractivity contribution >= 4 is 32.3 Å². The van der Waals surface area contributed by atoms with Crippen LogP contribution in [0.5, 0.6) is 0 Å². The van der Waals surface area contributed by atoms with Crippen LogP contribution in [0, 0.1) is 0 Å². The molecule has 1 heteroatoms. The Morgan fingerprint density at radius 3 is 1.45 bits per heavy atom. The van der Waals surface area contributed by atoms with Crippen molar-refractivity contribution in [1.29, 1.82) is 0 Å². The average Bonchev–Trinajstić information content (AvgIpc) is 3.66. The second kappa shape index (κ2) is 9.86. The summed E-state index contributed by atoms with van der Waals surface area (Å²) in [5.41, 5.74) is 15.3. The first kappa shape index (κ1) is 26.7. The number of hydrogen-bond donors (Lipinski definition) is 0. The van der Waals surface area contributed by atoms with Crippen LogP contribution in [0.4, 0.5) is 0 Å². The summed E-state index contributed by atoms with van der Waals surface area (Å²) in [6.07, 6.45) is 3.72. The van der Waals surface area contributed by atoms with Crippen LogP contribution in [0.15, 0.2) is 176 Å². The van der Waals surface area contributed by atoms with Crippen LogP contribution < -0.4 is 0 Å². The highest BCUT2D eigenvalue weighted by Gasteiger charge is 2.53. The number of aromatic nitrogens is 1. The third-order valence-corrected chi connectivity index (χ3v) is 11.2. The molecule has 0 amide bonds. The van der Waals surface area contributed by atoms with Gasteiger partial charge < -0.3 is 0 Å². The minimum atomic E-state index is -0.475. The highest BCUT2D eigenvalue weighted by molar-refractivity contribution is 6.24. The molecule has 0 radical (unpaired) electrons. The maximum absolute atomic E-state index is 4.23. The minimum absolute atomic E-state index is 0.475. The van der Waals surface area contributed by atoms with Crippen LogP contribution in [-0.2, 0) is 5.41 Å². The molecule has 2 aliphatic carbocycles. The lowest BCUT2D eigenvalue weighted by Gasteiger charge is -2.32. The minimum Gasteiger partial charge on any atom is -0.265 e. The van der Waals surface area contributed by atoms with Gasteiger partial charge in [-0.2, -0.15) is 0 Å².